The Labute approximate surface area is 103 Å². The van der Waals surface area contributed by atoms with E-state index in [2.05, 4.69) is 25.7 Å². The van der Waals surface area contributed by atoms with Crippen LogP contribution in [-0.2, 0) is 6.54 Å². The molecule has 0 unspecified atom stereocenters. The summed E-state index contributed by atoms with van der Waals surface area (Å²) in [6.45, 7) is 9.76. The van der Waals surface area contributed by atoms with E-state index in [0.717, 1.165) is 19.6 Å². The number of halogens is 1. The van der Waals surface area contributed by atoms with Gasteiger partial charge in [0.25, 0.3) is 0 Å². The van der Waals surface area contributed by atoms with E-state index >= 15 is 0 Å². The van der Waals surface area contributed by atoms with Crippen LogP contribution in [0, 0.1) is 5.92 Å². The summed E-state index contributed by atoms with van der Waals surface area (Å²) in [5, 5.41) is 0.635. The van der Waals surface area contributed by atoms with Gasteiger partial charge in [-0.25, -0.2) is 0 Å². The fraction of sp³-hybridized carbons (Fsp3) is 0.538. The summed E-state index contributed by atoms with van der Waals surface area (Å²) in [5.74, 6) is 0.685. The molecule has 0 aromatic heterocycles. The molecule has 0 saturated carbocycles. The zero-order valence-electron chi connectivity index (χ0n) is 10.3. The van der Waals surface area contributed by atoms with E-state index in [0.29, 0.717) is 16.6 Å². The van der Waals surface area contributed by atoms with Crippen LogP contribution >= 0.6 is 11.6 Å². The van der Waals surface area contributed by atoms with Crippen LogP contribution in [0.4, 0.5) is 5.69 Å². The fourth-order valence-corrected chi connectivity index (χ4v) is 1.89. The maximum Gasteiger partial charge on any atom is 0.0635 e. The Hall–Kier alpha value is -0.730. The normalized spacial score (nSPS) is 11.4. The van der Waals surface area contributed by atoms with Gasteiger partial charge in [0.2, 0.25) is 0 Å². The lowest BCUT2D eigenvalue weighted by Crippen LogP contribution is -2.27. The zero-order valence-corrected chi connectivity index (χ0v) is 11.1. The van der Waals surface area contributed by atoms with Crippen LogP contribution in [0.1, 0.15) is 26.3 Å². The van der Waals surface area contributed by atoms with Crippen molar-refractivity contribution in [1.29, 1.82) is 0 Å². The van der Waals surface area contributed by atoms with E-state index in [1.165, 1.54) is 5.56 Å². The Morgan fingerprint density at radius 2 is 2.06 bits per heavy atom. The minimum atomic E-state index is 0.635. The van der Waals surface area contributed by atoms with Gasteiger partial charge in [0.05, 0.1) is 10.7 Å². The molecule has 2 N–H and O–H groups in total. The number of nitrogen functional groups attached to an aromatic ring is 1. The summed E-state index contributed by atoms with van der Waals surface area (Å²) in [4.78, 5) is 2.41. The van der Waals surface area contributed by atoms with Gasteiger partial charge in [-0.1, -0.05) is 38.4 Å². The largest absolute Gasteiger partial charge is 0.398 e. The van der Waals surface area contributed by atoms with Crippen molar-refractivity contribution in [3.8, 4) is 0 Å². The number of benzene rings is 1. The maximum atomic E-state index is 5.90. The lowest BCUT2D eigenvalue weighted by molar-refractivity contribution is 0.248. The highest BCUT2D eigenvalue weighted by Gasteiger charge is 2.07. The van der Waals surface area contributed by atoms with E-state index in [-0.39, 0.29) is 0 Å². The van der Waals surface area contributed by atoms with E-state index in [4.69, 9.17) is 17.3 Å². The van der Waals surface area contributed by atoms with Crippen molar-refractivity contribution in [3.63, 3.8) is 0 Å². The van der Waals surface area contributed by atoms with Gasteiger partial charge in [-0.2, -0.15) is 0 Å². The van der Waals surface area contributed by atoms with Crippen molar-refractivity contribution < 1.29 is 0 Å². The Morgan fingerprint density at radius 3 is 2.56 bits per heavy atom. The first-order chi connectivity index (χ1) is 7.52. The molecule has 16 heavy (non-hydrogen) atoms. The predicted molar refractivity (Wildman–Crippen MR) is 71.7 cm³/mol. The van der Waals surface area contributed by atoms with Crippen LogP contribution in [0.15, 0.2) is 18.2 Å². The molecule has 1 rings (SSSR count). The monoisotopic (exact) mass is 240 g/mol. The summed E-state index contributed by atoms with van der Waals surface area (Å²) in [6.07, 6.45) is 0. The minimum Gasteiger partial charge on any atom is -0.398 e. The molecular weight excluding hydrogens is 220 g/mol. The summed E-state index contributed by atoms with van der Waals surface area (Å²) >= 11 is 5.90. The molecule has 0 radical (unpaired) electrons. The Morgan fingerprint density at radius 1 is 1.38 bits per heavy atom. The second-order valence-corrected chi connectivity index (χ2v) is 4.98. The van der Waals surface area contributed by atoms with Crippen LogP contribution in [0.3, 0.4) is 0 Å². The number of rotatable bonds is 5. The van der Waals surface area contributed by atoms with Gasteiger partial charge in [0.15, 0.2) is 0 Å². The highest BCUT2D eigenvalue weighted by atomic mass is 35.5. The molecule has 0 aliphatic carbocycles. The molecule has 1 aromatic rings. The average molecular weight is 241 g/mol. The molecule has 90 valence electrons. The second-order valence-electron chi connectivity index (χ2n) is 4.58. The first-order valence-corrected chi connectivity index (χ1v) is 6.17. The molecule has 2 nitrogen and oxygen atoms in total. The van der Waals surface area contributed by atoms with Crippen LogP contribution in [-0.4, -0.2) is 18.0 Å². The molecule has 0 aliphatic heterocycles. The van der Waals surface area contributed by atoms with Gasteiger partial charge in [-0.05, 0) is 30.2 Å². The maximum absolute atomic E-state index is 5.90. The molecule has 0 fully saturated rings. The van der Waals surface area contributed by atoms with E-state index in [1.54, 1.807) is 0 Å². The number of anilines is 1. The van der Waals surface area contributed by atoms with Crippen molar-refractivity contribution in [2.24, 2.45) is 5.92 Å². The smallest absolute Gasteiger partial charge is 0.0635 e. The molecule has 3 heteroatoms. The quantitative estimate of drug-likeness (QED) is 0.800. The molecule has 0 heterocycles. The van der Waals surface area contributed by atoms with Gasteiger partial charge >= 0.3 is 0 Å². The van der Waals surface area contributed by atoms with Crippen molar-refractivity contribution in [3.05, 3.63) is 28.8 Å². The highest BCUT2D eigenvalue weighted by molar-refractivity contribution is 6.33. The van der Waals surface area contributed by atoms with E-state index < -0.39 is 0 Å². The van der Waals surface area contributed by atoms with Gasteiger partial charge in [0.1, 0.15) is 0 Å². The molecule has 0 spiro atoms. The van der Waals surface area contributed by atoms with Crippen molar-refractivity contribution >= 4 is 17.3 Å². The van der Waals surface area contributed by atoms with Crippen molar-refractivity contribution in [1.82, 2.24) is 4.90 Å². The number of nitrogens with zero attached hydrogens (tertiary/aromatic N) is 1. The Kier molecular flexibility index (Phi) is 5.10. The van der Waals surface area contributed by atoms with Gasteiger partial charge in [-0.3, -0.25) is 4.90 Å². The summed E-state index contributed by atoms with van der Waals surface area (Å²) in [5.41, 5.74) is 7.68. The molecule has 1 aromatic carbocycles. The average Bonchev–Trinajstić information content (AvgIpc) is 2.22. The lowest BCUT2D eigenvalue weighted by Gasteiger charge is -2.22. The molecule has 0 atom stereocenters. The van der Waals surface area contributed by atoms with Gasteiger partial charge in [-0.15, -0.1) is 0 Å². The first kappa shape index (κ1) is 13.3. The first-order valence-electron chi connectivity index (χ1n) is 5.79. The third-order valence-electron chi connectivity index (χ3n) is 2.54. The van der Waals surface area contributed by atoms with Gasteiger partial charge < -0.3 is 5.73 Å². The molecule has 0 amide bonds. The number of hydrogen-bond donors (Lipinski definition) is 1. The summed E-state index contributed by atoms with van der Waals surface area (Å²) < 4.78 is 0. The third kappa shape index (κ3) is 4.03. The van der Waals surface area contributed by atoms with Crippen LogP contribution < -0.4 is 5.73 Å². The zero-order chi connectivity index (χ0) is 12.1. The topological polar surface area (TPSA) is 29.3 Å². The van der Waals surface area contributed by atoms with Crippen molar-refractivity contribution in [2.75, 3.05) is 18.8 Å². The number of nitrogens with two attached hydrogens (primary N) is 1. The van der Waals surface area contributed by atoms with Crippen LogP contribution in [0.25, 0.3) is 0 Å². The van der Waals surface area contributed by atoms with Crippen LogP contribution in [0.2, 0.25) is 5.02 Å². The molecule has 0 aliphatic rings. The van der Waals surface area contributed by atoms with Crippen molar-refractivity contribution in [2.45, 2.75) is 27.3 Å². The van der Waals surface area contributed by atoms with Gasteiger partial charge in [0, 0.05) is 13.1 Å². The fourth-order valence-electron chi connectivity index (χ4n) is 1.77. The van der Waals surface area contributed by atoms with E-state index in [1.807, 2.05) is 18.2 Å². The Bertz CT molecular complexity index is 337. The third-order valence-corrected chi connectivity index (χ3v) is 2.88. The minimum absolute atomic E-state index is 0.635. The lowest BCUT2D eigenvalue weighted by atomic mass is 10.1. The SMILES string of the molecule is CCN(Cc1ccc(Cl)c(N)c1)CC(C)C. The molecular formula is C13H21ClN2. The highest BCUT2D eigenvalue weighted by Crippen LogP contribution is 2.20. The second kappa shape index (κ2) is 6.12. The molecule has 0 saturated heterocycles. The summed E-state index contributed by atoms with van der Waals surface area (Å²) in [6, 6.07) is 5.88. The Balaban J connectivity index is 2.66. The van der Waals surface area contributed by atoms with E-state index in [9.17, 15) is 0 Å². The number of hydrogen-bond acceptors (Lipinski definition) is 2. The molecule has 0 bridgehead atoms. The summed E-state index contributed by atoms with van der Waals surface area (Å²) in [7, 11) is 0. The predicted octanol–water partition coefficient (Wildman–Crippen LogP) is 3.40. The standard InChI is InChI=1S/C13H21ClN2/c1-4-16(8-10(2)3)9-11-5-6-12(14)13(15)7-11/h5-7,10H,4,8-9,15H2,1-3H3. The van der Waals surface area contributed by atoms with Crippen LogP contribution in [0.5, 0.6) is 0 Å².